The molecular formula is C11H18N2O5S. The predicted molar refractivity (Wildman–Crippen MR) is 67.6 cm³/mol. The first-order valence-electron chi connectivity index (χ1n) is 6.28. The Morgan fingerprint density at radius 3 is 2.53 bits per heavy atom. The third kappa shape index (κ3) is 2.83. The van der Waals surface area contributed by atoms with Crippen LogP contribution in [-0.4, -0.2) is 72.5 Å². The fraction of sp³-hybridized carbons (Fsp3) is 0.818. The second-order valence-corrected chi connectivity index (χ2v) is 7.37. The molecule has 0 radical (unpaired) electrons. The number of rotatable bonds is 2. The first-order valence-corrected chi connectivity index (χ1v) is 8.10. The Balaban J connectivity index is 2.05. The number of nitrogens with zero attached hydrogens (tertiary/aromatic N) is 2. The van der Waals surface area contributed by atoms with Crippen LogP contribution in [0.2, 0.25) is 0 Å². The van der Waals surface area contributed by atoms with Crippen LogP contribution in [0.15, 0.2) is 0 Å². The first-order chi connectivity index (χ1) is 8.82. The minimum Gasteiger partial charge on any atom is -0.480 e. The van der Waals surface area contributed by atoms with Crippen LogP contribution in [0.5, 0.6) is 0 Å². The maximum Gasteiger partial charge on any atom is 0.326 e. The van der Waals surface area contributed by atoms with Gasteiger partial charge in [0.05, 0.1) is 11.5 Å². The van der Waals surface area contributed by atoms with Crippen LogP contribution < -0.4 is 0 Å². The zero-order valence-electron chi connectivity index (χ0n) is 10.8. The van der Waals surface area contributed by atoms with Gasteiger partial charge in [0.15, 0.2) is 9.84 Å². The number of hydrogen-bond donors (Lipinski definition) is 1. The number of carboxylic acid groups (broad SMARTS) is 1. The van der Waals surface area contributed by atoms with Gasteiger partial charge in [0, 0.05) is 19.6 Å². The Hall–Kier alpha value is -1.31. The molecule has 2 fully saturated rings. The van der Waals surface area contributed by atoms with Gasteiger partial charge in [-0.25, -0.2) is 18.0 Å². The van der Waals surface area contributed by atoms with Crippen molar-refractivity contribution in [2.75, 3.05) is 25.1 Å². The average molecular weight is 290 g/mol. The molecule has 0 aromatic carbocycles. The molecule has 0 aromatic rings. The molecule has 108 valence electrons. The third-order valence-corrected chi connectivity index (χ3v) is 5.59. The van der Waals surface area contributed by atoms with Crippen molar-refractivity contribution < 1.29 is 23.1 Å². The molecule has 1 N–H and O–H groups in total. The Labute approximate surface area is 112 Å². The molecular weight excluding hydrogens is 272 g/mol. The minimum atomic E-state index is -3.06. The van der Waals surface area contributed by atoms with Crippen molar-refractivity contribution >= 4 is 21.8 Å². The maximum absolute atomic E-state index is 12.3. The monoisotopic (exact) mass is 290 g/mol. The van der Waals surface area contributed by atoms with Crippen LogP contribution in [0.4, 0.5) is 4.79 Å². The van der Waals surface area contributed by atoms with E-state index < -0.39 is 21.8 Å². The van der Waals surface area contributed by atoms with Crippen molar-refractivity contribution in [2.24, 2.45) is 0 Å². The van der Waals surface area contributed by atoms with Crippen LogP contribution >= 0.6 is 0 Å². The van der Waals surface area contributed by atoms with Crippen LogP contribution in [-0.2, 0) is 14.6 Å². The number of amides is 2. The molecule has 2 atom stereocenters. The van der Waals surface area contributed by atoms with E-state index in [9.17, 15) is 18.0 Å². The highest BCUT2D eigenvalue weighted by atomic mass is 32.2. The van der Waals surface area contributed by atoms with Gasteiger partial charge in [-0.1, -0.05) is 0 Å². The fourth-order valence-corrected chi connectivity index (χ4v) is 4.47. The topological polar surface area (TPSA) is 95.0 Å². The third-order valence-electron chi connectivity index (χ3n) is 3.84. The minimum absolute atomic E-state index is 0.0270. The number of sulfone groups is 1. The van der Waals surface area contributed by atoms with Crippen molar-refractivity contribution in [3.63, 3.8) is 0 Å². The largest absolute Gasteiger partial charge is 0.480 e. The Morgan fingerprint density at radius 1 is 1.32 bits per heavy atom. The van der Waals surface area contributed by atoms with E-state index in [0.29, 0.717) is 25.8 Å². The number of carbonyl (C=O) groups is 2. The molecule has 0 spiro atoms. The highest BCUT2D eigenvalue weighted by Gasteiger charge is 2.39. The summed E-state index contributed by atoms with van der Waals surface area (Å²) in [4.78, 5) is 26.0. The lowest BCUT2D eigenvalue weighted by molar-refractivity contribution is -0.141. The molecule has 2 aliphatic heterocycles. The molecule has 2 heterocycles. The van der Waals surface area contributed by atoms with E-state index in [1.165, 1.54) is 9.80 Å². The molecule has 2 rings (SSSR count). The molecule has 2 amide bonds. The number of aliphatic carboxylic acids is 1. The molecule has 0 aromatic heterocycles. The van der Waals surface area contributed by atoms with Crippen LogP contribution in [0.25, 0.3) is 0 Å². The van der Waals surface area contributed by atoms with Crippen LogP contribution in [0.1, 0.15) is 19.3 Å². The average Bonchev–Trinajstić information content (AvgIpc) is 2.93. The van der Waals surface area contributed by atoms with Crippen molar-refractivity contribution in [1.29, 1.82) is 0 Å². The molecule has 0 saturated carbocycles. The van der Waals surface area contributed by atoms with E-state index in [1.807, 2.05) is 0 Å². The van der Waals surface area contributed by atoms with Crippen molar-refractivity contribution in [1.82, 2.24) is 9.80 Å². The zero-order valence-corrected chi connectivity index (χ0v) is 11.6. The smallest absolute Gasteiger partial charge is 0.326 e. The van der Waals surface area contributed by atoms with Crippen LogP contribution in [0.3, 0.4) is 0 Å². The second kappa shape index (κ2) is 4.99. The molecule has 19 heavy (non-hydrogen) atoms. The summed E-state index contributed by atoms with van der Waals surface area (Å²) in [7, 11) is -1.51. The highest BCUT2D eigenvalue weighted by molar-refractivity contribution is 7.91. The van der Waals surface area contributed by atoms with Crippen molar-refractivity contribution in [3.05, 3.63) is 0 Å². The lowest BCUT2D eigenvalue weighted by Gasteiger charge is -2.30. The summed E-state index contributed by atoms with van der Waals surface area (Å²) in [5, 5.41) is 9.05. The molecule has 2 saturated heterocycles. The number of carboxylic acids is 1. The van der Waals surface area contributed by atoms with Gasteiger partial charge in [0.1, 0.15) is 6.04 Å². The summed E-state index contributed by atoms with van der Waals surface area (Å²) in [5.41, 5.74) is 0. The normalized spacial score (nSPS) is 29.4. The summed E-state index contributed by atoms with van der Waals surface area (Å²) in [6, 6.07) is -1.51. The van der Waals surface area contributed by atoms with Gasteiger partial charge in [-0.3, -0.25) is 0 Å². The van der Waals surface area contributed by atoms with Gasteiger partial charge < -0.3 is 14.9 Å². The van der Waals surface area contributed by atoms with E-state index in [0.717, 1.165) is 0 Å². The molecule has 7 nitrogen and oxygen atoms in total. The lowest BCUT2D eigenvalue weighted by atomic mass is 10.2. The van der Waals surface area contributed by atoms with Crippen molar-refractivity contribution in [2.45, 2.75) is 31.3 Å². The van der Waals surface area contributed by atoms with Gasteiger partial charge in [-0.2, -0.15) is 0 Å². The molecule has 0 aliphatic carbocycles. The summed E-state index contributed by atoms with van der Waals surface area (Å²) in [6.45, 7) is 0.416. The zero-order chi connectivity index (χ0) is 14.2. The number of likely N-dealkylation sites (tertiary alicyclic amines) is 1. The quantitative estimate of drug-likeness (QED) is 0.758. The summed E-state index contributed by atoms with van der Waals surface area (Å²) in [5.74, 6) is -0.934. The number of urea groups is 1. The SMILES string of the molecule is CN(C(=O)N1CCC[C@H]1C(=O)O)C1CCS(=O)(=O)C1. The molecule has 2 aliphatic rings. The second-order valence-electron chi connectivity index (χ2n) is 5.14. The van der Waals surface area contributed by atoms with E-state index in [1.54, 1.807) is 7.05 Å². The van der Waals surface area contributed by atoms with Gasteiger partial charge in [-0.05, 0) is 19.3 Å². The van der Waals surface area contributed by atoms with E-state index in [-0.39, 0.29) is 23.6 Å². The molecule has 8 heteroatoms. The predicted octanol–water partition coefficient (Wildman–Crippen LogP) is -0.226. The molecule has 1 unspecified atom stereocenters. The molecule has 0 bridgehead atoms. The first kappa shape index (κ1) is 14.1. The summed E-state index contributed by atoms with van der Waals surface area (Å²) < 4.78 is 22.8. The Bertz CT molecular complexity index is 489. The van der Waals surface area contributed by atoms with Gasteiger partial charge >= 0.3 is 12.0 Å². The Morgan fingerprint density at radius 2 is 2.00 bits per heavy atom. The van der Waals surface area contributed by atoms with E-state index >= 15 is 0 Å². The lowest BCUT2D eigenvalue weighted by Crippen LogP contribution is -2.50. The number of carbonyl (C=O) groups excluding carboxylic acids is 1. The van der Waals surface area contributed by atoms with Crippen LogP contribution in [0, 0.1) is 0 Å². The van der Waals surface area contributed by atoms with E-state index in [2.05, 4.69) is 0 Å². The number of hydrogen-bond acceptors (Lipinski definition) is 4. The van der Waals surface area contributed by atoms with E-state index in [4.69, 9.17) is 5.11 Å². The summed E-state index contributed by atoms with van der Waals surface area (Å²) in [6.07, 6.45) is 1.55. The fourth-order valence-electron chi connectivity index (χ4n) is 2.69. The van der Waals surface area contributed by atoms with Gasteiger partial charge in [-0.15, -0.1) is 0 Å². The Kier molecular flexibility index (Phi) is 3.71. The standard InChI is InChI=1S/C11H18N2O5S/c1-12(8-4-6-19(17,18)7-8)11(16)13-5-2-3-9(13)10(14)15/h8-9H,2-7H2,1H3,(H,14,15)/t8?,9-/m0/s1. The maximum atomic E-state index is 12.3. The van der Waals surface area contributed by atoms with Crippen molar-refractivity contribution in [3.8, 4) is 0 Å². The highest BCUT2D eigenvalue weighted by Crippen LogP contribution is 2.22. The summed E-state index contributed by atoms with van der Waals surface area (Å²) >= 11 is 0. The van der Waals surface area contributed by atoms with Gasteiger partial charge in [0.2, 0.25) is 0 Å². The van der Waals surface area contributed by atoms with Gasteiger partial charge in [0.25, 0.3) is 0 Å².